The third-order valence-corrected chi connectivity index (χ3v) is 6.53. The molecule has 3 heteroatoms. The van der Waals surface area contributed by atoms with Gasteiger partial charge < -0.3 is 14.4 Å². The monoisotopic (exact) mass is 315 g/mol. The van der Waals surface area contributed by atoms with E-state index < -0.39 is 0 Å². The third kappa shape index (κ3) is 2.36. The van der Waals surface area contributed by atoms with Crippen molar-refractivity contribution in [1.82, 2.24) is 4.90 Å². The lowest BCUT2D eigenvalue weighted by molar-refractivity contribution is 0.181. The van der Waals surface area contributed by atoms with Crippen LogP contribution in [0.15, 0.2) is 12.1 Å². The minimum absolute atomic E-state index is 0.330. The van der Waals surface area contributed by atoms with Crippen molar-refractivity contribution in [3.05, 3.63) is 23.3 Å². The van der Waals surface area contributed by atoms with Gasteiger partial charge in [0.05, 0.1) is 14.2 Å². The molecule has 4 rings (SSSR count). The molecular formula is C20H29NO2. The van der Waals surface area contributed by atoms with E-state index in [1.165, 1.54) is 62.6 Å². The molecule has 1 saturated heterocycles. The molecule has 2 aliphatic carbocycles. The lowest BCUT2D eigenvalue weighted by Gasteiger charge is -2.42. The summed E-state index contributed by atoms with van der Waals surface area (Å²) < 4.78 is 11.4. The van der Waals surface area contributed by atoms with Gasteiger partial charge in [0.1, 0.15) is 0 Å². The number of nitrogens with zero attached hydrogens (tertiary/aromatic N) is 1. The Morgan fingerprint density at radius 2 is 1.87 bits per heavy atom. The van der Waals surface area contributed by atoms with E-state index in [0.29, 0.717) is 17.4 Å². The van der Waals surface area contributed by atoms with Gasteiger partial charge in [0.2, 0.25) is 0 Å². The molecule has 0 radical (unpaired) electrons. The second-order valence-electron chi connectivity index (χ2n) is 7.72. The van der Waals surface area contributed by atoms with E-state index in [4.69, 9.17) is 9.47 Å². The van der Waals surface area contributed by atoms with Crippen LogP contribution in [0, 0.1) is 0 Å². The predicted molar refractivity (Wildman–Crippen MR) is 92.7 cm³/mol. The molecule has 2 atom stereocenters. The van der Waals surface area contributed by atoms with Gasteiger partial charge in [-0.2, -0.15) is 0 Å². The van der Waals surface area contributed by atoms with Crippen LogP contribution in [-0.2, 0) is 5.41 Å². The lowest BCUT2D eigenvalue weighted by Crippen LogP contribution is -2.43. The molecule has 23 heavy (non-hydrogen) atoms. The van der Waals surface area contributed by atoms with Crippen molar-refractivity contribution in [1.29, 1.82) is 0 Å². The van der Waals surface area contributed by atoms with Crippen LogP contribution in [0.4, 0.5) is 0 Å². The van der Waals surface area contributed by atoms with Crippen LogP contribution >= 0.6 is 0 Å². The van der Waals surface area contributed by atoms with E-state index in [1.807, 2.05) is 0 Å². The summed E-state index contributed by atoms with van der Waals surface area (Å²) in [6.07, 6.45) is 9.26. The fraction of sp³-hybridized carbons (Fsp3) is 0.700. The van der Waals surface area contributed by atoms with E-state index in [0.717, 1.165) is 11.5 Å². The Balaban J connectivity index is 1.83. The number of hydrogen-bond donors (Lipinski definition) is 0. The highest BCUT2D eigenvalue weighted by molar-refractivity contribution is 5.54. The van der Waals surface area contributed by atoms with E-state index in [2.05, 4.69) is 24.1 Å². The van der Waals surface area contributed by atoms with Crippen molar-refractivity contribution >= 4 is 0 Å². The van der Waals surface area contributed by atoms with Crippen molar-refractivity contribution < 1.29 is 9.47 Å². The molecule has 0 N–H and O–H groups in total. The largest absolute Gasteiger partial charge is 0.493 e. The maximum absolute atomic E-state index is 5.72. The molecule has 0 spiro atoms. The maximum atomic E-state index is 5.72. The molecule has 3 aliphatic rings. The Hall–Kier alpha value is -1.22. The molecular weight excluding hydrogens is 286 g/mol. The van der Waals surface area contributed by atoms with Crippen molar-refractivity contribution in [2.75, 3.05) is 27.8 Å². The summed E-state index contributed by atoms with van der Waals surface area (Å²) in [5, 5.41) is 0. The fourth-order valence-electron chi connectivity index (χ4n) is 5.15. The summed E-state index contributed by atoms with van der Waals surface area (Å²) in [6.45, 7) is 1.22. The van der Waals surface area contributed by atoms with E-state index >= 15 is 0 Å². The molecule has 0 bridgehead atoms. The van der Waals surface area contributed by atoms with E-state index in [-0.39, 0.29) is 0 Å². The summed E-state index contributed by atoms with van der Waals surface area (Å²) in [5.41, 5.74) is 3.22. The number of hydrogen-bond acceptors (Lipinski definition) is 3. The fourth-order valence-corrected chi connectivity index (χ4v) is 5.15. The highest BCUT2D eigenvalue weighted by Gasteiger charge is 2.49. The van der Waals surface area contributed by atoms with Crippen LogP contribution in [0.1, 0.15) is 62.0 Å². The van der Waals surface area contributed by atoms with Crippen molar-refractivity contribution in [2.24, 2.45) is 0 Å². The number of ether oxygens (including phenoxy) is 2. The molecule has 0 amide bonds. The zero-order valence-electron chi connectivity index (χ0n) is 14.7. The average molecular weight is 315 g/mol. The smallest absolute Gasteiger partial charge is 0.164 e. The predicted octanol–water partition coefficient (Wildman–Crippen LogP) is 4.10. The van der Waals surface area contributed by atoms with Gasteiger partial charge in [-0.15, -0.1) is 0 Å². The molecule has 3 nitrogen and oxygen atoms in total. The van der Waals surface area contributed by atoms with Gasteiger partial charge in [-0.05, 0) is 63.2 Å². The molecule has 1 heterocycles. The van der Waals surface area contributed by atoms with E-state index in [9.17, 15) is 0 Å². The second-order valence-corrected chi connectivity index (χ2v) is 7.72. The summed E-state index contributed by atoms with van der Waals surface area (Å²) >= 11 is 0. The normalized spacial score (nSPS) is 31.0. The van der Waals surface area contributed by atoms with Gasteiger partial charge in [-0.1, -0.05) is 18.9 Å². The van der Waals surface area contributed by atoms with Crippen LogP contribution in [0.2, 0.25) is 0 Å². The van der Waals surface area contributed by atoms with E-state index in [1.54, 1.807) is 14.2 Å². The van der Waals surface area contributed by atoms with Gasteiger partial charge >= 0.3 is 0 Å². The molecule has 126 valence electrons. The molecule has 0 aromatic heterocycles. The summed E-state index contributed by atoms with van der Waals surface area (Å²) in [5.74, 6) is 2.57. The Morgan fingerprint density at radius 3 is 2.57 bits per heavy atom. The SMILES string of the molecule is COc1cc([C@@]23CCCCC2N(C)CC3)cc(C2CC2)c1OC. The molecule has 2 saturated carbocycles. The second kappa shape index (κ2) is 5.70. The van der Waals surface area contributed by atoms with Crippen LogP contribution in [0.25, 0.3) is 0 Å². The zero-order chi connectivity index (χ0) is 16.0. The topological polar surface area (TPSA) is 21.7 Å². The zero-order valence-corrected chi connectivity index (χ0v) is 14.7. The minimum Gasteiger partial charge on any atom is -0.493 e. The standard InChI is InChI=1S/C20H29NO2/c1-21-11-10-20(9-5-4-6-18(20)21)15-12-16(14-7-8-14)19(23-3)17(13-15)22-2/h12-14,18H,4-11H2,1-3H3/t18?,20-/m0/s1. The summed E-state index contributed by atoms with van der Waals surface area (Å²) in [7, 11) is 5.85. The van der Waals surface area contributed by atoms with Crippen molar-refractivity contribution in [3.8, 4) is 11.5 Å². The van der Waals surface area contributed by atoms with Crippen LogP contribution < -0.4 is 9.47 Å². The molecule has 1 unspecified atom stereocenters. The number of fused-ring (bicyclic) bond motifs is 1. The Labute approximate surface area is 140 Å². The van der Waals surface area contributed by atoms with Crippen LogP contribution in [0.5, 0.6) is 11.5 Å². The Kier molecular flexibility index (Phi) is 3.79. The highest BCUT2D eigenvalue weighted by Crippen LogP contribution is 2.53. The number of likely N-dealkylation sites (N-methyl/N-ethyl adjacent to an activating group) is 1. The quantitative estimate of drug-likeness (QED) is 0.835. The highest BCUT2D eigenvalue weighted by atomic mass is 16.5. The minimum atomic E-state index is 0.330. The number of benzene rings is 1. The van der Waals surface area contributed by atoms with Gasteiger partial charge in [-0.3, -0.25) is 0 Å². The number of methoxy groups -OCH3 is 2. The molecule has 3 fully saturated rings. The summed E-state index contributed by atoms with van der Waals surface area (Å²) in [4.78, 5) is 2.59. The van der Waals surface area contributed by atoms with Gasteiger partial charge in [0, 0.05) is 17.0 Å². The van der Waals surface area contributed by atoms with Crippen LogP contribution in [-0.4, -0.2) is 38.8 Å². The lowest BCUT2D eigenvalue weighted by atomic mass is 9.66. The van der Waals surface area contributed by atoms with Crippen molar-refractivity contribution in [2.45, 2.75) is 62.3 Å². The van der Waals surface area contributed by atoms with Gasteiger partial charge in [-0.25, -0.2) is 0 Å². The Bertz CT molecular complexity index is 592. The first-order valence-corrected chi connectivity index (χ1v) is 9.16. The molecule has 1 aromatic rings. The first kappa shape index (κ1) is 15.3. The van der Waals surface area contributed by atoms with Crippen molar-refractivity contribution in [3.63, 3.8) is 0 Å². The van der Waals surface area contributed by atoms with Gasteiger partial charge in [0.25, 0.3) is 0 Å². The molecule has 1 aliphatic heterocycles. The molecule has 1 aromatic carbocycles. The number of likely N-dealkylation sites (tertiary alicyclic amines) is 1. The van der Waals surface area contributed by atoms with Gasteiger partial charge in [0.15, 0.2) is 11.5 Å². The number of rotatable bonds is 4. The third-order valence-electron chi connectivity index (χ3n) is 6.53. The first-order valence-electron chi connectivity index (χ1n) is 9.16. The first-order chi connectivity index (χ1) is 11.2. The van der Waals surface area contributed by atoms with Crippen LogP contribution in [0.3, 0.4) is 0 Å². The maximum Gasteiger partial charge on any atom is 0.164 e. The Morgan fingerprint density at radius 1 is 1.04 bits per heavy atom. The average Bonchev–Trinajstić information content (AvgIpc) is 3.38. The summed E-state index contributed by atoms with van der Waals surface area (Å²) in [6, 6.07) is 5.44.